The Labute approximate surface area is 169 Å². The van der Waals surface area contributed by atoms with Crippen LogP contribution in [-0.2, 0) is 13.5 Å². The van der Waals surface area contributed by atoms with Crippen LogP contribution in [0.25, 0.3) is 0 Å². The van der Waals surface area contributed by atoms with Gasteiger partial charge in [-0.05, 0) is 58.2 Å². The molecule has 6 nitrogen and oxygen atoms in total. The molecule has 0 spiro atoms. The molecule has 0 unspecified atom stereocenters. The highest BCUT2D eigenvalue weighted by molar-refractivity contribution is 14.0. The van der Waals surface area contributed by atoms with Gasteiger partial charge in [0.05, 0.1) is 6.20 Å². The van der Waals surface area contributed by atoms with E-state index in [4.69, 9.17) is 0 Å². The molecule has 1 fully saturated rings. The molecule has 2 rings (SSSR count). The molecule has 1 aromatic rings. The van der Waals surface area contributed by atoms with Crippen molar-refractivity contribution in [1.82, 2.24) is 25.3 Å². The van der Waals surface area contributed by atoms with E-state index in [2.05, 4.69) is 45.7 Å². The van der Waals surface area contributed by atoms with E-state index in [0.29, 0.717) is 0 Å². The molecule has 0 aliphatic carbocycles. The highest BCUT2D eigenvalue weighted by atomic mass is 127. The first-order valence-electron chi connectivity index (χ1n) is 9.18. The number of halogens is 1. The van der Waals surface area contributed by atoms with E-state index in [1.807, 2.05) is 25.0 Å². The third kappa shape index (κ3) is 7.52. The van der Waals surface area contributed by atoms with Crippen molar-refractivity contribution in [3.8, 4) is 0 Å². The van der Waals surface area contributed by atoms with Crippen LogP contribution in [-0.4, -0.2) is 59.4 Å². The summed E-state index contributed by atoms with van der Waals surface area (Å²) in [6.07, 6.45) is 10.1. The van der Waals surface area contributed by atoms with Gasteiger partial charge in [-0.2, -0.15) is 5.10 Å². The Hall–Kier alpha value is -0.830. The lowest BCUT2D eigenvalue weighted by atomic mass is 9.98. The molecule has 0 atom stereocenters. The lowest BCUT2D eigenvalue weighted by molar-refractivity contribution is 0.0982. The predicted molar refractivity (Wildman–Crippen MR) is 116 cm³/mol. The lowest BCUT2D eigenvalue weighted by Crippen LogP contribution is -2.54. The minimum Gasteiger partial charge on any atom is -0.356 e. The zero-order valence-corrected chi connectivity index (χ0v) is 18.5. The number of hydrogen-bond donors (Lipinski definition) is 2. The number of likely N-dealkylation sites (tertiary alicyclic amines) is 1. The van der Waals surface area contributed by atoms with E-state index in [0.717, 1.165) is 31.9 Å². The Balaban J connectivity index is 0.00000312. The molecule has 7 heteroatoms. The third-order valence-corrected chi connectivity index (χ3v) is 4.82. The van der Waals surface area contributed by atoms with Gasteiger partial charge in [-0.3, -0.25) is 14.6 Å². The van der Waals surface area contributed by atoms with Gasteiger partial charge in [0, 0.05) is 38.9 Å². The summed E-state index contributed by atoms with van der Waals surface area (Å²) in [7, 11) is 3.79. The second-order valence-corrected chi connectivity index (χ2v) is 7.34. The van der Waals surface area contributed by atoms with Gasteiger partial charge in [0.25, 0.3) is 0 Å². The van der Waals surface area contributed by atoms with Gasteiger partial charge in [-0.1, -0.05) is 6.42 Å². The predicted octanol–water partition coefficient (Wildman–Crippen LogP) is 2.40. The molecule has 2 N–H and O–H groups in total. The first-order valence-corrected chi connectivity index (χ1v) is 9.18. The van der Waals surface area contributed by atoms with Crippen LogP contribution in [0.4, 0.5) is 0 Å². The normalized spacial score (nSPS) is 16.4. The Morgan fingerprint density at radius 2 is 1.96 bits per heavy atom. The lowest BCUT2D eigenvalue weighted by Gasteiger charge is -2.41. The third-order valence-electron chi connectivity index (χ3n) is 4.82. The molecular weight excluding hydrogens is 427 g/mol. The summed E-state index contributed by atoms with van der Waals surface area (Å²) >= 11 is 0. The number of nitrogens with one attached hydrogen (secondary N) is 2. The SMILES string of the molecule is CN=C(NCCCc1cnn(C)c1)NCC(C)(C)N1CCCCC1.I. The second-order valence-electron chi connectivity index (χ2n) is 7.34. The fourth-order valence-corrected chi connectivity index (χ4v) is 3.23. The first kappa shape index (κ1) is 22.2. The average Bonchev–Trinajstić information content (AvgIpc) is 3.00. The van der Waals surface area contributed by atoms with Crippen LogP contribution in [0.1, 0.15) is 45.1 Å². The molecule has 0 bridgehead atoms. The largest absolute Gasteiger partial charge is 0.356 e. The maximum absolute atomic E-state index is 4.34. The minimum atomic E-state index is 0. The number of piperidine rings is 1. The average molecular weight is 462 g/mol. The Bertz CT molecular complexity index is 519. The van der Waals surface area contributed by atoms with Gasteiger partial charge >= 0.3 is 0 Å². The summed E-state index contributed by atoms with van der Waals surface area (Å²) in [6.45, 7) is 8.90. The molecule has 2 heterocycles. The maximum atomic E-state index is 4.34. The monoisotopic (exact) mass is 462 g/mol. The molecule has 1 saturated heterocycles. The van der Waals surface area contributed by atoms with Gasteiger partial charge < -0.3 is 10.6 Å². The molecular formula is C18H35IN6. The number of guanidine groups is 1. The second kappa shape index (κ2) is 11.0. The van der Waals surface area contributed by atoms with Crippen LogP contribution in [0, 0.1) is 0 Å². The van der Waals surface area contributed by atoms with Crippen LogP contribution >= 0.6 is 24.0 Å². The van der Waals surface area contributed by atoms with Crippen LogP contribution in [0.5, 0.6) is 0 Å². The Kier molecular flexibility index (Phi) is 9.78. The van der Waals surface area contributed by atoms with Crippen LogP contribution in [0.3, 0.4) is 0 Å². The smallest absolute Gasteiger partial charge is 0.191 e. The molecule has 0 amide bonds. The summed E-state index contributed by atoms with van der Waals surface area (Å²) in [6, 6.07) is 0. The van der Waals surface area contributed by atoms with Crippen molar-refractivity contribution < 1.29 is 0 Å². The summed E-state index contributed by atoms with van der Waals surface area (Å²) in [5.41, 5.74) is 1.45. The quantitative estimate of drug-likeness (QED) is 0.283. The first-order chi connectivity index (χ1) is 11.5. The van der Waals surface area contributed by atoms with E-state index in [-0.39, 0.29) is 29.5 Å². The molecule has 25 heavy (non-hydrogen) atoms. The number of rotatable bonds is 7. The number of nitrogens with zero attached hydrogens (tertiary/aromatic N) is 4. The van der Waals surface area contributed by atoms with Gasteiger partial charge in [0.15, 0.2) is 5.96 Å². The fraction of sp³-hybridized carbons (Fsp3) is 0.778. The fourth-order valence-electron chi connectivity index (χ4n) is 3.23. The highest BCUT2D eigenvalue weighted by Crippen LogP contribution is 2.19. The summed E-state index contributed by atoms with van der Waals surface area (Å²) in [4.78, 5) is 6.94. The van der Waals surface area contributed by atoms with Gasteiger partial charge in [-0.25, -0.2) is 0 Å². The standard InChI is InChI=1S/C18H34N6.HI/c1-18(2,24-11-6-5-7-12-24)15-21-17(19-3)20-10-8-9-16-13-22-23(4)14-16;/h13-14H,5-12,15H2,1-4H3,(H2,19,20,21);1H. The van der Waals surface area contributed by atoms with Crippen molar-refractivity contribution >= 4 is 29.9 Å². The van der Waals surface area contributed by atoms with Gasteiger partial charge in [0.2, 0.25) is 0 Å². The zero-order valence-electron chi connectivity index (χ0n) is 16.2. The topological polar surface area (TPSA) is 57.5 Å². The molecule has 1 aliphatic heterocycles. The number of aliphatic imine (C=N–C) groups is 1. The number of aromatic nitrogens is 2. The van der Waals surface area contributed by atoms with Crippen LogP contribution in [0.2, 0.25) is 0 Å². The van der Waals surface area contributed by atoms with Crippen LogP contribution in [0.15, 0.2) is 17.4 Å². The van der Waals surface area contributed by atoms with Crippen molar-refractivity contribution in [2.75, 3.05) is 33.2 Å². The zero-order chi connectivity index (χ0) is 17.4. The van der Waals surface area contributed by atoms with Gasteiger partial charge in [0.1, 0.15) is 0 Å². The van der Waals surface area contributed by atoms with Gasteiger partial charge in [-0.15, -0.1) is 24.0 Å². The van der Waals surface area contributed by atoms with E-state index in [1.165, 1.54) is 37.9 Å². The van der Waals surface area contributed by atoms with Crippen molar-refractivity contribution in [2.45, 2.75) is 51.5 Å². The highest BCUT2D eigenvalue weighted by Gasteiger charge is 2.27. The Morgan fingerprint density at radius 3 is 2.56 bits per heavy atom. The minimum absolute atomic E-state index is 0. The van der Waals surface area contributed by atoms with Crippen molar-refractivity contribution in [3.05, 3.63) is 18.0 Å². The maximum Gasteiger partial charge on any atom is 0.191 e. The molecule has 144 valence electrons. The Morgan fingerprint density at radius 1 is 1.24 bits per heavy atom. The molecule has 0 aromatic carbocycles. The number of aryl methyl sites for hydroxylation is 2. The molecule has 0 saturated carbocycles. The summed E-state index contributed by atoms with van der Waals surface area (Å²) in [5, 5.41) is 11.1. The molecule has 1 aliphatic rings. The summed E-state index contributed by atoms with van der Waals surface area (Å²) < 4.78 is 1.85. The molecule has 1 aromatic heterocycles. The van der Waals surface area contributed by atoms with E-state index >= 15 is 0 Å². The van der Waals surface area contributed by atoms with Crippen LogP contribution < -0.4 is 10.6 Å². The summed E-state index contributed by atoms with van der Waals surface area (Å²) in [5.74, 6) is 0.895. The van der Waals surface area contributed by atoms with Crippen molar-refractivity contribution in [3.63, 3.8) is 0 Å². The van der Waals surface area contributed by atoms with E-state index in [1.54, 1.807) is 0 Å². The van der Waals surface area contributed by atoms with E-state index in [9.17, 15) is 0 Å². The van der Waals surface area contributed by atoms with E-state index < -0.39 is 0 Å². The number of hydrogen-bond acceptors (Lipinski definition) is 3. The molecule has 0 radical (unpaired) electrons. The van der Waals surface area contributed by atoms with Crippen molar-refractivity contribution in [2.24, 2.45) is 12.0 Å². The van der Waals surface area contributed by atoms with Crippen molar-refractivity contribution in [1.29, 1.82) is 0 Å².